The molecule has 17 heavy (non-hydrogen) atoms. The van der Waals surface area contributed by atoms with Gasteiger partial charge in [-0.2, -0.15) is 5.10 Å². The lowest BCUT2D eigenvalue weighted by molar-refractivity contribution is 0.291. The van der Waals surface area contributed by atoms with Gasteiger partial charge in [-0.1, -0.05) is 27.5 Å². The van der Waals surface area contributed by atoms with Gasteiger partial charge < -0.3 is 4.74 Å². The van der Waals surface area contributed by atoms with E-state index in [1.54, 1.807) is 4.68 Å². The Bertz CT molecular complexity index is 476. The smallest absolute Gasteiger partial charge is 0.119 e. The second-order valence-corrected chi connectivity index (χ2v) is 4.95. The Balaban J connectivity index is 1.85. The molecule has 0 aliphatic rings. The summed E-state index contributed by atoms with van der Waals surface area (Å²) in [6, 6.07) is 7.74. The van der Waals surface area contributed by atoms with Gasteiger partial charge in [0.1, 0.15) is 12.4 Å². The Hall–Kier alpha value is -1.00. The normalized spacial score (nSPS) is 10.5. The summed E-state index contributed by atoms with van der Waals surface area (Å²) in [4.78, 5) is 0. The molecule has 0 saturated carbocycles. The minimum Gasteiger partial charge on any atom is -0.492 e. The lowest BCUT2D eigenvalue weighted by Crippen LogP contribution is -2.08. The molecule has 0 fully saturated rings. The van der Waals surface area contributed by atoms with Crippen molar-refractivity contribution in [1.82, 2.24) is 9.78 Å². The predicted molar refractivity (Wildman–Crippen MR) is 71.6 cm³/mol. The van der Waals surface area contributed by atoms with Crippen molar-refractivity contribution in [3.63, 3.8) is 0 Å². The average Bonchev–Trinajstić information content (AvgIpc) is 2.61. The number of aryl methyl sites for hydroxylation is 1. The van der Waals surface area contributed by atoms with Crippen molar-refractivity contribution >= 4 is 27.5 Å². The SMILES string of the molecule is Cc1nn(CCOc2ccc(Br)cc2)cc1Cl. The van der Waals surface area contributed by atoms with Crippen LogP contribution in [0.1, 0.15) is 5.69 Å². The van der Waals surface area contributed by atoms with E-state index < -0.39 is 0 Å². The largest absolute Gasteiger partial charge is 0.492 e. The van der Waals surface area contributed by atoms with E-state index in [0.29, 0.717) is 18.2 Å². The Morgan fingerprint density at radius 2 is 2.06 bits per heavy atom. The third-order valence-corrected chi connectivity index (χ3v) is 3.19. The fourth-order valence-corrected chi connectivity index (χ4v) is 1.81. The van der Waals surface area contributed by atoms with E-state index in [4.69, 9.17) is 16.3 Å². The summed E-state index contributed by atoms with van der Waals surface area (Å²) in [7, 11) is 0. The Kier molecular flexibility index (Phi) is 4.07. The van der Waals surface area contributed by atoms with E-state index in [2.05, 4.69) is 21.0 Å². The van der Waals surface area contributed by atoms with Gasteiger partial charge in [0.2, 0.25) is 0 Å². The summed E-state index contributed by atoms with van der Waals surface area (Å²) in [5.41, 5.74) is 0.843. The van der Waals surface area contributed by atoms with E-state index in [9.17, 15) is 0 Å². The summed E-state index contributed by atoms with van der Waals surface area (Å²) in [6.07, 6.45) is 1.81. The second-order valence-electron chi connectivity index (χ2n) is 3.63. The maximum atomic E-state index is 5.91. The molecule has 0 atom stereocenters. The van der Waals surface area contributed by atoms with Gasteiger partial charge in [0.05, 0.1) is 17.3 Å². The summed E-state index contributed by atoms with van der Waals surface area (Å²) >= 11 is 9.29. The van der Waals surface area contributed by atoms with E-state index >= 15 is 0 Å². The number of aromatic nitrogens is 2. The minimum atomic E-state index is 0.569. The van der Waals surface area contributed by atoms with Crippen molar-refractivity contribution < 1.29 is 4.74 Å². The minimum absolute atomic E-state index is 0.569. The van der Waals surface area contributed by atoms with Gasteiger partial charge in [-0.3, -0.25) is 4.68 Å². The Morgan fingerprint density at radius 1 is 1.35 bits per heavy atom. The molecule has 2 aromatic rings. The molecule has 0 aliphatic heterocycles. The fraction of sp³-hybridized carbons (Fsp3) is 0.250. The van der Waals surface area contributed by atoms with E-state index in [1.165, 1.54) is 0 Å². The quantitative estimate of drug-likeness (QED) is 0.860. The van der Waals surface area contributed by atoms with Crippen LogP contribution >= 0.6 is 27.5 Å². The second kappa shape index (κ2) is 5.56. The van der Waals surface area contributed by atoms with E-state index in [-0.39, 0.29) is 0 Å². The molecule has 0 aliphatic carbocycles. The highest BCUT2D eigenvalue weighted by molar-refractivity contribution is 9.10. The highest BCUT2D eigenvalue weighted by Gasteiger charge is 2.01. The molecule has 0 amide bonds. The third kappa shape index (κ3) is 3.48. The first-order valence-corrected chi connectivity index (χ1v) is 6.40. The topological polar surface area (TPSA) is 27.1 Å². The molecule has 1 aromatic heterocycles. The molecule has 90 valence electrons. The van der Waals surface area contributed by atoms with Crippen LogP contribution in [-0.2, 0) is 6.54 Å². The summed E-state index contributed by atoms with van der Waals surface area (Å²) in [5, 5.41) is 4.94. The molecule has 0 spiro atoms. The molecular weight excluding hydrogens is 304 g/mol. The Morgan fingerprint density at radius 3 is 2.65 bits per heavy atom. The van der Waals surface area contributed by atoms with Gasteiger partial charge in [0, 0.05) is 10.7 Å². The van der Waals surface area contributed by atoms with Crippen LogP contribution in [0.4, 0.5) is 0 Å². The van der Waals surface area contributed by atoms with Crippen molar-refractivity contribution in [2.24, 2.45) is 0 Å². The number of hydrogen-bond acceptors (Lipinski definition) is 2. The third-order valence-electron chi connectivity index (χ3n) is 2.29. The highest BCUT2D eigenvalue weighted by atomic mass is 79.9. The van der Waals surface area contributed by atoms with Crippen LogP contribution in [0.5, 0.6) is 5.75 Å². The zero-order valence-corrected chi connectivity index (χ0v) is 11.7. The number of benzene rings is 1. The monoisotopic (exact) mass is 314 g/mol. The molecule has 5 heteroatoms. The van der Waals surface area contributed by atoms with Crippen molar-refractivity contribution in [3.8, 4) is 5.75 Å². The first-order valence-electron chi connectivity index (χ1n) is 5.23. The molecule has 0 N–H and O–H groups in total. The number of hydrogen-bond donors (Lipinski definition) is 0. The predicted octanol–water partition coefficient (Wildman–Crippen LogP) is 3.69. The molecule has 1 aromatic carbocycles. The maximum Gasteiger partial charge on any atom is 0.119 e. The molecule has 0 saturated heterocycles. The molecule has 0 bridgehead atoms. The van der Waals surface area contributed by atoms with Crippen LogP contribution < -0.4 is 4.74 Å². The molecule has 2 rings (SSSR count). The standard InChI is InChI=1S/C12H12BrClN2O/c1-9-12(14)8-16(15-9)6-7-17-11-4-2-10(13)3-5-11/h2-5,8H,6-7H2,1H3. The summed E-state index contributed by atoms with van der Waals surface area (Å²) in [6.45, 7) is 3.14. The van der Waals surface area contributed by atoms with Gasteiger partial charge in [0.25, 0.3) is 0 Å². The van der Waals surface area contributed by atoms with Crippen LogP contribution in [0.15, 0.2) is 34.9 Å². The first-order chi connectivity index (χ1) is 8.15. The van der Waals surface area contributed by atoms with Crippen LogP contribution in [0, 0.1) is 6.92 Å². The molecule has 1 heterocycles. The zero-order valence-electron chi connectivity index (χ0n) is 9.36. The molecular formula is C12H12BrClN2O. The summed E-state index contributed by atoms with van der Waals surface area (Å²) < 4.78 is 8.42. The molecule has 0 radical (unpaired) electrons. The number of nitrogens with zero attached hydrogens (tertiary/aromatic N) is 2. The molecule has 0 unspecified atom stereocenters. The van der Waals surface area contributed by atoms with Crippen molar-refractivity contribution in [1.29, 1.82) is 0 Å². The number of halogens is 2. The van der Waals surface area contributed by atoms with Gasteiger partial charge >= 0.3 is 0 Å². The first kappa shape index (κ1) is 12.5. The summed E-state index contributed by atoms with van der Waals surface area (Å²) in [5.74, 6) is 0.850. The van der Waals surface area contributed by atoms with Gasteiger partial charge in [-0.05, 0) is 31.2 Å². The van der Waals surface area contributed by atoms with Crippen LogP contribution in [0.25, 0.3) is 0 Å². The van der Waals surface area contributed by atoms with Crippen LogP contribution in [0.3, 0.4) is 0 Å². The van der Waals surface area contributed by atoms with E-state index in [1.807, 2.05) is 37.4 Å². The molecule has 3 nitrogen and oxygen atoms in total. The maximum absolute atomic E-state index is 5.91. The van der Waals surface area contributed by atoms with E-state index in [0.717, 1.165) is 15.9 Å². The number of ether oxygens (including phenoxy) is 1. The Labute approximate surface area is 113 Å². The highest BCUT2D eigenvalue weighted by Crippen LogP contribution is 2.16. The van der Waals surface area contributed by atoms with Crippen LogP contribution in [0.2, 0.25) is 5.02 Å². The van der Waals surface area contributed by atoms with Crippen molar-refractivity contribution in [2.45, 2.75) is 13.5 Å². The van der Waals surface area contributed by atoms with Crippen molar-refractivity contribution in [2.75, 3.05) is 6.61 Å². The zero-order chi connectivity index (χ0) is 12.3. The van der Waals surface area contributed by atoms with Gasteiger partial charge in [-0.25, -0.2) is 0 Å². The van der Waals surface area contributed by atoms with Gasteiger partial charge in [-0.15, -0.1) is 0 Å². The van der Waals surface area contributed by atoms with Crippen LogP contribution in [-0.4, -0.2) is 16.4 Å². The lowest BCUT2D eigenvalue weighted by atomic mass is 10.3. The van der Waals surface area contributed by atoms with Crippen molar-refractivity contribution in [3.05, 3.63) is 45.7 Å². The lowest BCUT2D eigenvalue weighted by Gasteiger charge is -2.06. The fourth-order valence-electron chi connectivity index (χ4n) is 1.40. The number of rotatable bonds is 4. The van der Waals surface area contributed by atoms with Gasteiger partial charge in [0.15, 0.2) is 0 Å². The average molecular weight is 316 g/mol.